The van der Waals surface area contributed by atoms with Crippen LogP contribution in [0.5, 0.6) is 17.2 Å². The first kappa shape index (κ1) is 36.1. The Balaban J connectivity index is 1.87. The van der Waals surface area contributed by atoms with Gasteiger partial charge in [0.15, 0.2) is 11.5 Å². The van der Waals surface area contributed by atoms with Crippen molar-refractivity contribution in [2.75, 3.05) is 32.2 Å². The number of nitrogens with zero attached hydrogens (tertiary/aromatic N) is 2. The molecule has 0 aliphatic heterocycles. The molecule has 0 bridgehead atoms. The minimum absolute atomic E-state index is 0.0408. The highest BCUT2D eigenvalue weighted by molar-refractivity contribution is 7.92. The molecule has 0 aliphatic carbocycles. The van der Waals surface area contributed by atoms with Gasteiger partial charge in [-0.25, -0.2) is 8.42 Å². The fraction of sp³-hybridized carbons (Fsp3) is 0.278. The Morgan fingerprint density at radius 3 is 1.94 bits per heavy atom. The van der Waals surface area contributed by atoms with Gasteiger partial charge < -0.3 is 24.4 Å². The summed E-state index contributed by atoms with van der Waals surface area (Å²) in [6, 6.07) is 26.0. The standard InChI is InChI=1S/C36H40ClN3O7S/c1-25(2)38-36(42)31(20-26-12-8-6-9-13-26)39(23-27-14-10-7-11-15-27)35(41)24-40(30-21-28(37)16-18-32(30)45-3)48(43,44)29-17-19-33(46-4)34(22-29)47-5/h6-19,21-22,25,31H,20,23-24H2,1-5H3,(H,38,42)/t31-/m0/s1. The number of anilines is 1. The van der Waals surface area contributed by atoms with Crippen molar-refractivity contribution in [3.05, 3.63) is 113 Å². The summed E-state index contributed by atoms with van der Waals surface area (Å²) in [6.07, 6.45) is 0.195. The van der Waals surface area contributed by atoms with Crippen molar-refractivity contribution in [3.63, 3.8) is 0 Å². The van der Waals surface area contributed by atoms with Crippen LogP contribution in [0, 0.1) is 0 Å². The number of ether oxygens (including phenoxy) is 3. The van der Waals surface area contributed by atoms with Crippen LogP contribution >= 0.6 is 11.6 Å². The van der Waals surface area contributed by atoms with Crippen LogP contribution in [0.25, 0.3) is 0 Å². The summed E-state index contributed by atoms with van der Waals surface area (Å²) < 4.78 is 46.2. The molecule has 4 rings (SSSR count). The first-order chi connectivity index (χ1) is 23.0. The molecule has 0 saturated carbocycles. The van der Waals surface area contributed by atoms with E-state index in [1.165, 1.54) is 56.6 Å². The fourth-order valence-electron chi connectivity index (χ4n) is 5.19. The Bertz CT molecular complexity index is 1810. The maximum absolute atomic E-state index is 14.7. The lowest BCUT2D eigenvalue weighted by atomic mass is 10.0. The van der Waals surface area contributed by atoms with Gasteiger partial charge in [0.05, 0.1) is 31.9 Å². The predicted molar refractivity (Wildman–Crippen MR) is 186 cm³/mol. The molecule has 1 N–H and O–H groups in total. The van der Waals surface area contributed by atoms with E-state index in [2.05, 4.69) is 5.32 Å². The van der Waals surface area contributed by atoms with Crippen LogP contribution in [-0.4, -0.2) is 65.1 Å². The summed E-state index contributed by atoms with van der Waals surface area (Å²) in [7, 11) is -0.247. The van der Waals surface area contributed by atoms with Crippen molar-refractivity contribution in [3.8, 4) is 17.2 Å². The molecule has 10 nitrogen and oxygen atoms in total. The minimum Gasteiger partial charge on any atom is -0.495 e. The van der Waals surface area contributed by atoms with Crippen molar-refractivity contribution in [1.82, 2.24) is 10.2 Å². The Labute approximate surface area is 287 Å². The Kier molecular flexibility index (Phi) is 12.3. The first-order valence-corrected chi connectivity index (χ1v) is 17.1. The molecule has 0 aliphatic rings. The van der Waals surface area contributed by atoms with Crippen LogP contribution in [0.2, 0.25) is 5.02 Å². The van der Waals surface area contributed by atoms with Gasteiger partial charge in [0, 0.05) is 30.1 Å². The maximum atomic E-state index is 14.7. The second-order valence-electron chi connectivity index (χ2n) is 11.2. The molecule has 0 spiro atoms. The summed E-state index contributed by atoms with van der Waals surface area (Å²) >= 11 is 6.38. The first-order valence-electron chi connectivity index (χ1n) is 15.2. The van der Waals surface area contributed by atoms with E-state index in [0.29, 0.717) is 5.75 Å². The van der Waals surface area contributed by atoms with E-state index in [4.69, 9.17) is 25.8 Å². The molecule has 0 fully saturated rings. The van der Waals surface area contributed by atoms with E-state index in [1.807, 2.05) is 74.5 Å². The Hall–Kier alpha value is -4.74. The van der Waals surface area contributed by atoms with Gasteiger partial charge in [0.2, 0.25) is 11.8 Å². The number of carbonyl (C=O) groups is 2. The molecule has 4 aromatic rings. The SMILES string of the molecule is COc1ccc(S(=O)(=O)N(CC(=O)N(Cc2ccccc2)[C@@H](Cc2ccccc2)C(=O)NC(C)C)c2cc(Cl)ccc2OC)cc1OC. The van der Waals surface area contributed by atoms with E-state index in [9.17, 15) is 18.0 Å². The molecule has 0 radical (unpaired) electrons. The average Bonchev–Trinajstić information content (AvgIpc) is 3.08. The second kappa shape index (κ2) is 16.4. The number of hydrogen-bond acceptors (Lipinski definition) is 7. The number of methoxy groups -OCH3 is 3. The number of benzene rings is 4. The van der Waals surface area contributed by atoms with Gasteiger partial charge in [0.25, 0.3) is 10.0 Å². The van der Waals surface area contributed by atoms with E-state index in [-0.39, 0.29) is 52.0 Å². The van der Waals surface area contributed by atoms with E-state index in [0.717, 1.165) is 15.4 Å². The third-order valence-electron chi connectivity index (χ3n) is 7.53. The second-order valence-corrected chi connectivity index (χ2v) is 13.5. The number of nitrogens with one attached hydrogen (secondary N) is 1. The summed E-state index contributed by atoms with van der Waals surface area (Å²) in [6.45, 7) is 3.04. The zero-order chi connectivity index (χ0) is 34.8. The van der Waals surface area contributed by atoms with Crippen molar-refractivity contribution in [1.29, 1.82) is 0 Å². The maximum Gasteiger partial charge on any atom is 0.265 e. The van der Waals surface area contributed by atoms with Crippen LogP contribution in [0.1, 0.15) is 25.0 Å². The molecule has 4 aromatic carbocycles. The summed E-state index contributed by atoms with van der Waals surface area (Å²) in [4.78, 5) is 29.8. The molecule has 0 heterocycles. The smallest absolute Gasteiger partial charge is 0.265 e. The molecule has 0 unspecified atom stereocenters. The fourth-order valence-corrected chi connectivity index (χ4v) is 6.79. The normalized spacial score (nSPS) is 11.8. The third-order valence-corrected chi connectivity index (χ3v) is 9.52. The molecule has 254 valence electrons. The quantitative estimate of drug-likeness (QED) is 0.169. The lowest BCUT2D eigenvalue weighted by molar-refractivity contribution is -0.140. The van der Waals surface area contributed by atoms with Gasteiger partial charge in [0.1, 0.15) is 18.3 Å². The van der Waals surface area contributed by atoms with Crippen molar-refractivity contribution >= 4 is 39.1 Å². The lowest BCUT2D eigenvalue weighted by Gasteiger charge is -2.34. The number of sulfonamides is 1. The van der Waals surface area contributed by atoms with Gasteiger partial charge in [-0.2, -0.15) is 0 Å². The largest absolute Gasteiger partial charge is 0.495 e. The van der Waals surface area contributed by atoms with Crippen molar-refractivity contribution in [2.24, 2.45) is 0 Å². The number of rotatable bonds is 15. The Morgan fingerprint density at radius 2 is 1.35 bits per heavy atom. The molecule has 2 amide bonds. The van der Waals surface area contributed by atoms with E-state index in [1.54, 1.807) is 6.07 Å². The number of halogens is 1. The van der Waals surface area contributed by atoms with Crippen LogP contribution in [-0.2, 0) is 32.6 Å². The van der Waals surface area contributed by atoms with Gasteiger partial charge in [-0.3, -0.25) is 13.9 Å². The molecule has 0 aromatic heterocycles. The summed E-state index contributed by atoms with van der Waals surface area (Å²) in [5.74, 6) is -0.308. The molecular formula is C36H40ClN3O7S. The zero-order valence-electron chi connectivity index (χ0n) is 27.6. The topological polar surface area (TPSA) is 114 Å². The van der Waals surface area contributed by atoms with Gasteiger partial charge in [-0.05, 0) is 55.3 Å². The summed E-state index contributed by atoms with van der Waals surface area (Å²) in [5, 5.41) is 3.17. The van der Waals surface area contributed by atoms with Crippen LogP contribution in [0.3, 0.4) is 0 Å². The highest BCUT2D eigenvalue weighted by Gasteiger charge is 2.36. The summed E-state index contributed by atoms with van der Waals surface area (Å²) in [5.41, 5.74) is 1.63. The third kappa shape index (κ3) is 8.78. The molecule has 48 heavy (non-hydrogen) atoms. The molecule has 12 heteroatoms. The van der Waals surface area contributed by atoms with E-state index < -0.39 is 28.5 Å². The van der Waals surface area contributed by atoms with E-state index >= 15 is 0 Å². The van der Waals surface area contributed by atoms with Crippen LogP contribution in [0.15, 0.2) is 102 Å². The highest BCUT2D eigenvalue weighted by Crippen LogP contribution is 2.37. The lowest BCUT2D eigenvalue weighted by Crippen LogP contribution is -2.54. The van der Waals surface area contributed by atoms with Gasteiger partial charge in [-0.15, -0.1) is 0 Å². The predicted octanol–water partition coefficient (Wildman–Crippen LogP) is 5.73. The molecular weight excluding hydrogens is 654 g/mol. The Morgan fingerprint density at radius 1 is 0.771 bits per heavy atom. The number of hydrogen-bond donors (Lipinski definition) is 1. The number of carbonyl (C=O) groups excluding carboxylic acids is 2. The highest BCUT2D eigenvalue weighted by atomic mass is 35.5. The van der Waals surface area contributed by atoms with Crippen LogP contribution in [0.4, 0.5) is 5.69 Å². The molecule has 1 atom stereocenters. The zero-order valence-corrected chi connectivity index (χ0v) is 29.1. The van der Waals surface area contributed by atoms with Crippen molar-refractivity contribution < 1.29 is 32.2 Å². The van der Waals surface area contributed by atoms with Gasteiger partial charge >= 0.3 is 0 Å². The van der Waals surface area contributed by atoms with Crippen molar-refractivity contribution in [2.45, 2.75) is 43.8 Å². The monoisotopic (exact) mass is 693 g/mol. The molecule has 0 saturated heterocycles. The van der Waals surface area contributed by atoms with Gasteiger partial charge in [-0.1, -0.05) is 72.3 Å². The average molecular weight is 694 g/mol. The minimum atomic E-state index is -4.48. The van der Waals surface area contributed by atoms with Crippen LogP contribution < -0.4 is 23.8 Å². The number of amides is 2.